The Morgan fingerprint density at radius 3 is 2.17 bits per heavy atom. The van der Waals surface area contributed by atoms with E-state index in [1.807, 2.05) is 66.7 Å². The van der Waals surface area contributed by atoms with Crippen LogP contribution in [0.1, 0.15) is 26.3 Å². The van der Waals surface area contributed by atoms with Gasteiger partial charge in [0.15, 0.2) is 0 Å². The lowest BCUT2D eigenvalue weighted by Gasteiger charge is -2.25. The van der Waals surface area contributed by atoms with Gasteiger partial charge in [-0.25, -0.2) is 9.78 Å². The first-order valence-electron chi connectivity index (χ1n) is 19.1. The van der Waals surface area contributed by atoms with Crippen LogP contribution in [0, 0.1) is 0 Å². The van der Waals surface area contributed by atoms with Crippen LogP contribution in [-0.2, 0) is 19.7 Å². The Morgan fingerprint density at radius 2 is 1.42 bits per heavy atom. The van der Waals surface area contributed by atoms with E-state index in [1.165, 1.54) is 0 Å². The number of nitrogens with one attached hydrogen (secondary N) is 4. The van der Waals surface area contributed by atoms with Crippen molar-refractivity contribution in [1.82, 2.24) is 9.97 Å². The number of hydrogen-bond donors (Lipinski definition) is 5. The molecule has 6 rings (SSSR count). The van der Waals surface area contributed by atoms with E-state index in [-0.39, 0.29) is 18.6 Å². The lowest BCUT2D eigenvalue weighted by molar-refractivity contribution is 0.0247. The molecule has 308 valence electrons. The second-order valence-electron chi connectivity index (χ2n) is 14.2. The van der Waals surface area contributed by atoms with Crippen molar-refractivity contribution >= 4 is 45.5 Å². The fourth-order valence-corrected chi connectivity index (χ4v) is 6.18. The molecule has 5 N–H and O–H groups in total. The molecule has 0 spiro atoms. The quantitative estimate of drug-likeness (QED) is 0.0390. The molecule has 0 aliphatic heterocycles. The largest absolute Gasteiger partial charge is 0.497 e. The summed E-state index contributed by atoms with van der Waals surface area (Å²) in [5, 5.41) is 19.7. The Bertz CT molecular complexity index is 2320. The van der Waals surface area contributed by atoms with Crippen LogP contribution in [0.2, 0.25) is 0 Å². The first kappa shape index (κ1) is 42.2. The van der Waals surface area contributed by atoms with Crippen molar-refractivity contribution in [2.45, 2.75) is 26.2 Å². The number of rotatable bonds is 19. The molecule has 0 unspecified atom stereocenters. The van der Waals surface area contributed by atoms with E-state index in [9.17, 15) is 4.79 Å². The first-order chi connectivity index (χ1) is 28.6. The predicted octanol–water partition coefficient (Wildman–Crippen LogP) is 9.16. The van der Waals surface area contributed by atoms with Crippen LogP contribution >= 0.6 is 0 Å². The van der Waals surface area contributed by atoms with Crippen LogP contribution in [0.3, 0.4) is 0 Å². The number of aromatic nitrogens is 2. The monoisotopic (exact) mass is 802 g/mol. The Labute approximate surface area is 343 Å². The minimum atomic E-state index is -0.415. The van der Waals surface area contributed by atoms with Crippen LogP contribution in [0.15, 0.2) is 109 Å². The molecule has 2 amide bonds. The minimum absolute atomic E-state index is 0.0223. The molecular formula is C45H50N6O8. The van der Waals surface area contributed by atoms with Crippen molar-refractivity contribution in [3.8, 4) is 34.3 Å². The van der Waals surface area contributed by atoms with Crippen LogP contribution in [0.4, 0.5) is 33.5 Å². The van der Waals surface area contributed by atoms with Gasteiger partial charge in [0, 0.05) is 52.5 Å². The molecule has 1 heterocycles. The summed E-state index contributed by atoms with van der Waals surface area (Å²) >= 11 is 0. The molecule has 1 aromatic heterocycles. The number of benzene rings is 5. The standard InChI is InChI=1S/C45H50N6O8/c1-45(2,3)31-25-38(42(39(26-31)51-55-5)30-11-7-6-8-12-30)49-44(53)48-37-15-16-40(36-14-10-9-13-35(36)37)59-41-17-18-46-43(50-41)47-32-27-33(54-4)29-34(28-32)58-24-23-57-22-21-56-20-19-52/h6-18,25-29,51-52H,19-24H2,1-5H3,(H,46,47,50)(H2,48,49,53). The Kier molecular flexibility index (Phi) is 14.5. The van der Waals surface area contributed by atoms with Gasteiger partial charge in [-0.05, 0) is 40.8 Å². The number of amides is 2. The fraction of sp³-hybridized carbons (Fsp3) is 0.267. The van der Waals surface area contributed by atoms with Gasteiger partial charge in [0.2, 0.25) is 11.8 Å². The highest BCUT2D eigenvalue weighted by Gasteiger charge is 2.22. The number of aliphatic hydroxyl groups is 1. The Balaban J connectivity index is 1.17. The van der Waals surface area contributed by atoms with Crippen molar-refractivity contribution in [3.63, 3.8) is 0 Å². The molecule has 0 radical (unpaired) electrons. The van der Waals surface area contributed by atoms with Crippen LogP contribution < -0.4 is 35.6 Å². The summed E-state index contributed by atoms with van der Waals surface area (Å²) < 4.78 is 28.4. The van der Waals surface area contributed by atoms with Crippen LogP contribution in [0.25, 0.3) is 21.9 Å². The SMILES string of the molecule is CONc1cc(C(C)(C)C)cc(NC(=O)Nc2ccc(Oc3ccnc(Nc4cc(OC)cc(OCCOCCOCCO)c4)n3)c3ccccc23)c1-c1ccccc1. The fourth-order valence-electron chi connectivity index (χ4n) is 6.18. The van der Waals surface area contributed by atoms with Crippen molar-refractivity contribution in [3.05, 3.63) is 115 Å². The zero-order valence-corrected chi connectivity index (χ0v) is 33.8. The number of fused-ring (bicyclic) bond motifs is 1. The predicted molar refractivity (Wildman–Crippen MR) is 230 cm³/mol. The van der Waals surface area contributed by atoms with Gasteiger partial charge in [-0.3, -0.25) is 10.3 Å². The van der Waals surface area contributed by atoms with Gasteiger partial charge in [-0.1, -0.05) is 75.4 Å². The number of anilines is 5. The van der Waals surface area contributed by atoms with E-state index >= 15 is 0 Å². The number of ether oxygens (including phenoxy) is 5. The van der Waals surface area contributed by atoms with E-state index in [4.69, 9.17) is 33.6 Å². The van der Waals surface area contributed by atoms with E-state index in [0.717, 1.165) is 33.2 Å². The molecule has 0 aliphatic carbocycles. The number of carbonyl (C=O) groups excluding carboxylic acids is 1. The molecule has 0 atom stereocenters. The van der Waals surface area contributed by atoms with Crippen molar-refractivity contribution < 1.29 is 38.4 Å². The molecule has 0 fully saturated rings. The topological polar surface area (TPSA) is 167 Å². The number of carbonyl (C=O) groups is 1. The van der Waals surface area contributed by atoms with Crippen LogP contribution in [-0.4, -0.2) is 75.0 Å². The third kappa shape index (κ3) is 11.6. The average Bonchev–Trinajstić information content (AvgIpc) is 3.23. The molecule has 6 aromatic rings. The smallest absolute Gasteiger partial charge is 0.323 e. The first-order valence-corrected chi connectivity index (χ1v) is 19.1. The lowest BCUT2D eigenvalue weighted by atomic mass is 9.84. The molecule has 0 aliphatic rings. The maximum Gasteiger partial charge on any atom is 0.323 e. The summed E-state index contributed by atoms with van der Waals surface area (Å²) in [7, 11) is 3.14. The van der Waals surface area contributed by atoms with E-state index < -0.39 is 6.03 Å². The summed E-state index contributed by atoms with van der Waals surface area (Å²) in [6, 6.07) is 31.7. The molecule has 0 bridgehead atoms. The van der Waals surface area contributed by atoms with Crippen molar-refractivity contribution in [2.24, 2.45) is 0 Å². The normalized spacial score (nSPS) is 11.2. The third-order valence-corrected chi connectivity index (χ3v) is 8.98. The highest BCUT2D eigenvalue weighted by molar-refractivity contribution is 6.09. The molecular weight excluding hydrogens is 753 g/mol. The molecule has 0 saturated heterocycles. The summed E-state index contributed by atoms with van der Waals surface area (Å²) in [5.41, 5.74) is 8.12. The molecule has 59 heavy (non-hydrogen) atoms. The highest BCUT2D eigenvalue weighted by atomic mass is 16.6. The Morgan fingerprint density at radius 1 is 0.729 bits per heavy atom. The lowest BCUT2D eigenvalue weighted by Crippen LogP contribution is -2.21. The van der Waals surface area contributed by atoms with Gasteiger partial charge >= 0.3 is 6.03 Å². The summed E-state index contributed by atoms with van der Waals surface area (Å²) in [6.45, 7) is 8.08. The van der Waals surface area contributed by atoms with E-state index in [1.54, 1.807) is 56.8 Å². The molecule has 14 nitrogen and oxygen atoms in total. The second-order valence-corrected chi connectivity index (χ2v) is 14.2. The summed E-state index contributed by atoms with van der Waals surface area (Å²) in [6.07, 6.45) is 1.60. The van der Waals surface area contributed by atoms with Gasteiger partial charge in [0.1, 0.15) is 23.9 Å². The highest BCUT2D eigenvalue weighted by Crippen LogP contribution is 2.40. The summed E-state index contributed by atoms with van der Waals surface area (Å²) in [4.78, 5) is 28.2. The van der Waals surface area contributed by atoms with Gasteiger partial charge in [-0.15, -0.1) is 0 Å². The maximum absolute atomic E-state index is 13.8. The third-order valence-electron chi connectivity index (χ3n) is 8.98. The summed E-state index contributed by atoms with van der Waals surface area (Å²) in [5.74, 6) is 2.28. The van der Waals surface area contributed by atoms with Gasteiger partial charge in [-0.2, -0.15) is 4.98 Å². The number of hydrogen-bond acceptors (Lipinski definition) is 12. The molecule has 14 heteroatoms. The maximum atomic E-state index is 13.8. The zero-order chi connectivity index (χ0) is 41.6. The van der Waals surface area contributed by atoms with Crippen molar-refractivity contribution in [2.75, 3.05) is 75.3 Å². The van der Waals surface area contributed by atoms with Gasteiger partial charge in [0.05, 0.1) is 64.3 Å². The van der Waals surface area contributed by atoms with Crippen LogP contribution in [0.5, 0.6) is 23.1 Å². The van der Waals surface area contributed by atoms with E-state index in [0.29, 0.717) is 72.6 Å². The van der Waals surface area contributed by atoms with Gasteiger partial charge < -0.3 is 44.7 Å². The minimum Gasteiger partial charge on any atom is -0.497 e. The average molecular weight is 803 g/mol. The molecule has 5 aromatic carbocycles. The number of urea groups is 1. The zero-order valence-electron chi connectivity index (χ0n) is 33.8. The Hall–Kier alpha value is -6.45. The van der Waals surface area contributed by atoms with Crippen molar-refractivity contribution in [1.29, 1.82) is 0 Å². The van der Waals surface area contributed by atoms with E-state index in [2.05, 4.69) is 52.2 Å². The number of nitrogens with zero attached hydrogens (tertiary/aromatic N) is 2. The molecule has 0 saturated carbocycles. The second kappa shape index (κ2) is 20.3. The van der Waals surface area contributed by atoms with Gasteiger partial charge in [0.25, 0.3) is 0 Å². The number of methoxy groups -OCH3 is 1. The number of aliphatic hydroxyl groups excluding tert-OH is 1.